The van der Waals surface area contributed by atoms with E-state index in [1.54, 1.807) is 7.11 Å². The molecule has 0 spiro atoms. The van der Waals surface area contributed by atoms with Gasteiger partial charge in [-0.1, -0.05) is 0 Å². The second-order valence-electron chi connectivity index (χ2n) is 6.54. The van der Waals surface area contributed by atoms with E-state index in [9.17, 15) is 9.59 Å². The molecule has 0 bridgehead atoms. The molecular formula is C18H28N2O3S. The van der Waals surface area contributed by atoms with Crippen LogP contribution >= 0.6 is 11.8 Å². The van der Waals surface area contributed by atoms with Gasteiger partial charge in [0.25, 0.3) is 0 Å². The Morgan fingerprint density at radius 2 is 1.79 bits per heavy atom. The van der Waals surface area contributed by atoms with Gasteiger partial charge in [0.15, 0.2) is 0 Å². The molecule has 2 N–H and O–H groups in total. The van der Waals surface area contributed by atoms with Gasteiger partial charge in [-0.05, 0) is 58.4 Å². The zero-order valence-electron chi connectivity index (χ0n) is 15.3. The van der Waals surface area contributed by atoms with Gasteiger partial charge in [-0.3, -0.25) is 9.59 Å². The molecule has 6 heteroatoms. The van der Waals surface area contributed by atoms with E-state index in [4.69, 9.17) is 4.74 Å². The number of carbonyl (C=O) groups excluding carboxylic acids is 2. The molecule has 2 amide bonds. The minimum absolute atomic E-state index is 0.00494. The first-order valence-electron chi connectivity index (χ1n) is 8.03. The van der Waals surface area contributed by atoms with Crippen LogP contribution in [-0.2, 0) is 14.3 Å². The molecule has 1 rings (SSSR count). The summed E-state index contributed by atoms with van der Waals surface area (Å²) in [4.78, 5) is 24.3. The lowest BCUT2D eigenvalue weighted by atomic mass is 10.00. The van der Waals surface area contributed by atoms with Gasteiger partial charge >= 0.3 is 0 Å². The van der Waals surface area contributed by atoms with Crippen LogP contribution in [0.2, 0.25) is 0 Å². The Balaban J connectivity index is 2.53. The average molecular weight is 353 g/mol. The zero-order valence-corrected chi connectivity index (χ0v) is 16.1. The summed E-state index contributed by atoms with van der Waals surface area (Å²) in [6.07, 6.45) is 0.748. The van der Waals surface area contributed by atoms with E-state index in [2.05, 4.69) is 10.6 Å². The highest BCUT2D eigenvalue weighted by Gasteiger charge is 2.23. The van der Waals surface area contributed by atoms with E-state index in [1.165, 1.54) is 18.7 Å². The molecule has 0 unspecified atom stereocenters. The van der Waals surface area contributed by atoms with Gasteiger partial charge in [0.1, 0.15) is 0 Å². The fraction of sp³-hybridized carbons (Fsp3) is 0.556. The van der Waals surface area contributed by atoms with E-state index in [-0.39, 0.29) is 28.7 Å². The van der Waals surface area contributed by atoms with Crippen molar-refractivity contribution < 1.29 is 14.3 Å². The van der Waals surface area contributed by atoms with Gasteiger partial charge in [0.05, 0.1) is 10.9 Å². The first kappa shape index (κ1) is 20.5. The Kier molecular flexibility index (Phi) is 7.76. The van der Waals surface area contributed by atoms with Crippen LogP contribution in [0.4, 0.5) is 5.69 Å². The number of nitrogens with one attached hydrogen (secondary N) is 2. The number of hydrogen-bond acceptors (Lipinski definition) is 4. The predicted molar refractivity (Wildman–Crippen MR) is 99.4 cm³/mol. The standard InChI is InChI=1S/C18H28N2O3S/c1-12(11-18(4,5)23-6)19-17(22)13(2)24-16-9-7-15(8-10-16)20-14(3)21/h7-10,12-13H,11H2,1-6H3,(H,19,22)(H,20,21)/t12-,13+/m0/s1. The maximum Gasteiger partial charge on any atom is 0.233 e. The molecule has 0 aliphatic heterocycles. The van der Waals surface area contributed by atoms with Gasteiger partial charge in [-0.2, -0.15) is 0 Å². The highest BCUT2D eigenvalue weighted by molar-refractivity contribution is 8.00. The van der Waals surface area contributed by atoms with E-state index in [0.29, 0.717) is 0 Å². The van der Waals surface area contributed by atoms with E-state index in [1.807, 2.05) is 52.0 Å². The van der Waals surface area contributed by atoms with Gasteiger partial charge in [-0.25, -0.2) is 0 Å². The van der Waals surface area contributed by atoms with E-state index < -0.39 is 0 Å². The van der Waals surface area contributed by atoms with Crippen LogP contribution in [0.25, 0.3) is 0 Å². The van der Waals surface area contributed by atoms with Crippen molar-refractivity contribution in [2.45, 2.75) is 62.8 Å². The van der Waals surface area contributed by atoms with Crippen LogP contribution in [0.15, 0.2) is 29.2 Å². The number of methoxy groups -OCH3 is 1. The Morgan fingerprint density at radius 3 is 2.29 bits per heavy atom. The zero-order chi connectivity index (χ0) is 18.3. The lowest BCUT2D eigenvalue weighted by molar-refractivity contribution is -0.121. The maximum absolute atomic E-state index is 12.3. The monoisotopic (exact) mass is 352 g/mol. The lowest BCUT2D eigenvalue weighted by Gasteiger charge is -2.27. The summed E-state index contributed by atoms with van der Waals surface area (Å²) in [5.74, 6) is -0.0959. The van der Waals surface area contributed by atoms with Crippen LogP contribution in [0, 0.1) is 0 Å². The number of benzene rings is 1. The number of amides is 2. The van der Waals surface area contributed by atoms with Gasteiger partial charge in [0, 0.05) is 30.7 Å². The van der Waals surface area contributed by atoms with Crippen molar-refractivity contribution in [1.29, 1.82) is 0 Å². The quantitative estimate of drug-likeness (QED) is 0.703. The van der Waals surface area contributed by atoms with Crippen molar-refractivity contribution in [2.75, 3.05) is 12.4 Å². The molecule has 0 aromatic heterocycles. The summed E-state index contributed by atoms with van der Waals surface area (Å²) in [5, 5.41) is 5.55. The first-order chi connectivity index (χ1) is 11.1. The third-order valence-electron chi connectivity index (χ3n) is 3.60. The number of ether oxygens (including phenoxy) is 1. The summed E-state index contributed by atoms with van der Waals surface area (Å²) in [6, 6.07) is 7.50. The van der Waals surface area contributed by atoms with Crippen LogP contribution < -0.4 is 10.6 Å². The number of rotatable bonds is 8. The Hall–Kier alpha value is -1.53. The fourth-order valence-electron chi connectivity index (χ4n) is 2.31. The predicted octanol–water partition coefficient (Wildman–Crippen LogP) is 3.45. The molecule has 24 heavy (non-hydrogen) atoms. The molecule has 0 saturated heterocycles. The van der Waals surface area contributed by atoms with Crippen LogP contribution in [0.3, 0.4) is 0 Å². The summed E-state index contributed by atoms with van der Waals surface area (Å²) in [7, 11) is 1.68. The number of hydrogen-bond donors (Lipinski definition) is 2. The molecule has 1 aromatic rings. The van der Waals surface area contributed by atoms with Crippen molar-refractivity contribution in [1.82, 2.24) is 5.32 Å². The summed E-state index contributed by atoms with van der Waals surface area (Å²) < 4.78 is 5.40. The maximum atomic E-state index is 12.3. The van der Waals surface area contributed by atoms with Crippen molar-refractivity contribution in [3.63, 3.8) is 0 Å². The number of thioether (sulfide) groups is 1. The van der Waals surface area contributed by atoms with Crippen molar-refractivity contribution in [3.05, 3.63) is 24.3 Å². The second-order valence-corrected chi connectivity index (χ2v) is 7.96. The largest absolute Gasteiger partial charge is 0.379 e. The second kappa shape index (κ2) is 9.08. The molecule has 5 nitrogen and oxygen atoms in total. The van der Waals surface area contributed by atoms with Crippen LogP contribution in [0.5, 0.6) is 0 Å². The first-order valence-corrected chi connectivity index (χ1v) is 8.91. The van der Waals surface area contributed by atoms with Crippen LogP contribution in [0.1, 0.15) is 41.0 Å². The van der Waals surface area contributed by atoms with Crippen molar-refractivity contribution in [3.8, 4) is 0 Å². The average Bonchev–Trinajstić information content (AvgIpc) is 2.48. The molecule has 134 valence electrons. The van der Waals surface area contributed by atoms with Crippen LogP contribution in [-0.4, -0.2) is 35.8 Å². The topological polar surface area (TPSA) is 67.4 Å². The highest BCUT2D eigenvalue weighted by atomic mass is 32.2. The molecule has 1 aromatic carbocycles. The summed E-state index contributed by atoms with van der Waals surface area (Å²) in [6.45, 7) is 9.35. The molecule has 0 radical (unpaired) electrons. The third kappa shape index (κ3) is 7.36. The van der Waals surface area contributed by atoms with Gasteiger partial charge in [0.2, 0.25) is 11.8 Å². The molecular weight excluding hydrogens is 324 g/mol. The smallest absolute Gasteiger partial charge is 0.233 e. The number of carbonyl (C=O) groups is 2. The molecule has 0 aliphatic rings. The van der Waals surface area contributed by atoms with E-state index in [0.717, 1.165) is 17.0 Å². The van der Waals surface area contributed by atoms with Gasteiger partial charge in [-0.15, -0.1) is 11.8 Å². The Labute approximate surface area is 148 Å². The van der Waals surface area contributed by atoms with E-state index >= 15 is 0 Å². The molecule has 0 saturated carbocycles. The Morgan fingerprint density at radius 1 is 1.21 bits per heavy atom. The normalized spacial score (nSPS) is 13.9. The molecule has 0 fully saturated rings. The molecule has 0 aliphatic carbocycles. The van der Waals surface area contributed by atoms with Crippen molar-refractivity contribution in [2.24, 2.45) is 0 Å². The van der Waals surface area contributed by atoms with Crippen molar-refractivity contribution >= 4 is 29.3 Å². The molecule has 0 heterocycles. The third-order valence-corrected chi connectivity index (χ3v) is 4.71. The molecule has 2 atom stereocenters. The van der Waals surface area contributed by atoms with Gasteiger partial charge < -0.3 is 15.4 Å². The highest BCUT2D eigenvalue weighted by Crippen LogP contribution is 2.25. The summed E-state index contributed by atoms with van der Waals surface area (Å²) in [5.41, 5.74) is 0.488. The lowest BCUT2D eigenvalue weighted by Crippen LogP contribution is -2.41. The minimum Gasteiger partial charge on any atom is -0.379 e. The SMILES string of the molecule is COC(C)(C)C[C@H](C)NC(=O)[C@@H](C)Sc1ccc(NC(C)=O)cc1. The summed E-state index contributed by atoms with van der Waals surface area (Å²) >= 11 is 1.49. The number of anilines is 1. The fourth-order valence-corrected chi connectivity index (χ4v) is 3.19. The Bertz CT molecular complexity index is 558. The minimum atomic E-state index is -0.261.